The second kappa shape index (κ2) is 8.24. The monoisotopic (exact) mass is 372 g/mol. The minimum atomic E-state index is 0.435. The molecule has 0 unspecified atom stereocenters. The van der Waals surface area contributed by atoms with Gasteiger partial charge in [0, 0.05) is 50.7 Å². The molecule has 2 aromatic heterocycles. The van der Waals surface area contributed by atoms with Gasteiger partial charge in [0.05, 0.1) is 11.8 Å². The van der Waals surface area contributed by atoms with Crippen LogP contribution < -0.4 is 5.32 Å². The number of nitrogens with one attached hydrogen (secondary N) is 1. The molecule has 0 radical (unpaired) electrons. The van der Waals surface area contributed by atoms with Gasteiger partial charge in [-0.15, -0.1) is 0 Å². The van der Waals surface area contributed by atoms with Crippen LogP contribution in [0.5, 0.6) is 0 Å². The number of anilines is 1. The van der Waals surface area contributed by atoms with Crippen LogP contribution in [0.4, 0.5) is 5.82 Å². The summed E-state index contributed by atoms with van der Waals surface area (Å²) in [4.78, 5) is 6.82. The van der Waals surface area contributed by atoms with Crippen molar-refractivity contribution in [2.75, 3.05) is 18.4 Å². The molecule has 1 aliphatic heterocycles. The number of aromatic nitrogens is 3. The van der Waals surface area contributed by atoms with E-state index in [9.17, 15) is 0 Å². The summed E-state index contributed by atoms with van der Waals surface area (Å²) in [5.74, 6) is 0.850. The standard InChI is InChI=1S/C22H24N6/c1-27-16-20(14-25-27)19-5-2-17(3-6-19)15-28-10-8-21(9-11-28)26-22-7-4-18(12-23)13-24-22/h2-7,13-14,16,21H,8-11,15H2,1H3,(H,24,26). The van der Waals surface area contributed by atoms with Crippen molar-refractivity contribution in [3.8, 4) is 17.2 Å². The molecule has 142 valence electrons. The molecule has 6 heteroatoms. The predicted molar refractivity (Wildman–Crippen MR) is 110 cm³/mol. The zero-order chi connectivity index (χ0) is 19.3. The molecule has 1 saturated heterocycles. The molecule has 0 aliphatic carbocycles. The highest BCUT2D eigenvalue weighted by Gasteiger charge is 2.19. The van der Waals surface area contributed by atoms with Crippen LogP contribution in [0.2, 0.25) is 0 Å². The van der Waals surface area contributed by atoms with Crippen LogP contribution in [0.25, 0.3) is 11.1 Å². The molecule has 1 fully saturated rings. The van der Waals surface area contributed by atoms with Crippen molar-refractivity contribution in [2.24, 2.45) is 7.05 Å². The van der Waals surface area contributed by atoms with Crippen molar-refractivity contribution < 1.29 is 0 Å². The van der Waals surface area contributed by atoms with Crippen LogP contribution in [-0.2, 0) is 13.6 Å². The largest absolute Gasteiger partial charge is 0.367 e. The summed E-state index contributed by atoms with van der Waals surface area (Å²) < 4.78 is 1.83. The summed E-state index contributed by atoms with van der Waals surface area (Å²) in [5.41, 5.74) is 4.29. The van der Waals surface area contributed by atoms with E-state index in [0.717, 1.165) is 43.9 Å². The third-order valence-electron chi connectivity index (χ3n) is 5.23. The molecule has 3 heterocycles. The summed E-state index contributed by atoms with van der Waals surface area (Å²) in [5, 5.41) is 16.6. The first-order valence-electron chi connectivity index (χ1n) is 9.62. The number of pyridine rings is 1. The van der Waals surface area contributed by atoms with Crippen LogP contribution in [0.1, 0.15) is 24.0 Å². The predicted octanol–water partition coefficient (Wildman–Crippen LogP) is 3.43. The van der Waals surface area contributed by atoms with E-state index in [1.807, 2.05) is 30.2 Å². The number of likely N-dealkylation sites (tertiary alicyclic amines) is 1. The van der Waals surface area contributed by atoms with Crippen molar-refractivity contribution in [3.05, 3.63) is 66.1 Å². The third-order valence-corrected chi connectivity index (χ3v) is 5.23. The van der Waals surface area contributed by atoms with Gasteiger partial charge in [0.25, 0.3) is 0 Å². The Morgan fingerprint density at radius 3 is 2.46 bits per heavy atom. The lowest BCUT2D eigenvalue weighted by atomic mass is 10.0. The molecule has 1 N–H and O–H groups in total. The molecular formula is C22H24N6. The number of hydrogen-bond donors (Lipinski definition) is 1. The van der Waals surface area contributed by atoms with E-state index in [0.29, 0.717) is 11.6 Å². The molecule has 0 spiro atoms. The molecule has 3 aromatic rings. The fourth-order valence-corrected chi connectivity index (χ4v) is 3.62. The van der Waals surface area contributed by atoms with E-state index in [-0.39, 0.29) is 0 Å². The Kier molecular flexibility index (Phi) is 5.36. The average Bonchev–Trinajstić information content (AvgIpc) is 3.17. The first kappa shape index (κ1) is 18.2. The summed E-state index contributed by atoms with van der Waals surface area (Å²) in [7, 11) is 1.94. The Morgan fingerprint density at radius 2 is 1.86 bits per heavy atom. The van der Waals surface area contributed by atoms with Gasteiger partial charge in [0.1, 0.15) is 11.9 Å². The van der Waals surface area contributed by atoms with Gasteiger partial charge in [-0.1, -0.05) is 24.3 Å². The lowest BCUT2D eigenvalue weighted by Crippen LogP contribution is -2.38. The summed E-state index contributed by atoms with van der Waals surface area (Å²) in [6.45, 7) is 3.12. The van der Waals surface area contributed by atoms with Gasteiger partial charge in [0.2, 0.25) is 0 Å². The number of hydrogen-bond acceptors (Lipinski definition) is 5. The van der Waals surface area contributed by atoms with Gasteiger partial charge < -0.3 is 5.32 Å². The number of nitrogens with zero attached hydrogens (tertiary/aromatic N) is 5. The molecule has 0 amide bonds. The Bertz CT molecular complexity index is 944. The summed E-state index contributed by atoms with van der Waals surface area (Å²) in [6.07, 6.45) is 7.74. The van der Waals surface area contributed by atoms with Crippen LogP contribution >= 0.6 is 0 Å². The Balaban J connectivity index is 1.27. The Labute approximate surface area is 165 Å². The molecule has 0 saturated carbocycles. The highest BCUT2D eigenvalue weighted by Crippen LogP contribution is 2.21. The van der Waals surface area contributed by atoms with Gasteiger partial charge >= 0.3 is 0 Å². The van der Waals surface area contributed by atoms with Gasteiger partial charge in [-0.2, -0.15) is 10.4 Å². The van der Waals surface area contributed by atoms with Crippen LogP contribution in [0.15, 0.2) is 55.0 Å². The van der Waals surface area contributed by atoms with Gasteiger partial charge in [-0.25, -0.2) is 4.98 Å². The lowest BCUT2D eigenvalue weighted by molar-refractivity contribution is 0.211. The first-order chi connectivity index (χ1) is 13.7. The lowest BCUT2D eigenvalue weighted by Gasteiger charge is -2.32. The molecule has 28 heavy (non-hydrogen) atoms. The van der Waals surface area contributed by atoms with E-state index >= 15 is 0 Å². The topological polar surface area (TPSA) is 69.8 Å². The minimum absolute atomic E-state index is 0.435. The van der Waals surface area contributed by atoms with E-state index in [4.69, 9.17) is 5.26 Å². The SMILES string of the molecule is Cn1cc(-c2ccc(CN3CCC(Nc4ccc(C#N)cn4)CC3)cc2)cn1. The smallest absolute Gasteiger partial charge is 0.126 e. The quantitative estimate of drug-likeness (QED) is 0.743. The third kappa shape index (κ3) is 4.38. The van der Waals surface area contributed by atoms with Crippen molar-refractivity contribution in [1.29, 1.82) is 5.26 Å². The Morgan fingerprint density at radius 1 is 1.07 bits per heavy atom. The zero-order valence-electron chi connectivity index (χ0n) is 16.0. The average molecular weight is 372 g/mol. The number of piperidine rings is 1. The molecule has 0 atom stereocenters. The maximum Gasteiger partial charge on any atom is 0.126 e. The molecule has 6 nitrogen and oxygen atoms in total. The summed E-state index contributed by atoms with van der Waals surface area (Å²) >= 11 is 0. The van der Waals surface area contributed by atoms with Gasteiger partial charge in [0.15, 0.2) is 0 Å². The van der Waals surface area contributed by atoms with E-state index in [1.165, 1.54) is 11.1 Å². The highest BCUT2D eigenvalue weighted by molar-refractivity contribution is 5.61. The second-order valence-corrected chi connectivity index (χ2v) is 7.34. The number of rotatable bonds is 5. The fourth-order valence-electron chi connectivity index (χ4n) is 3.62. The zero-order valence-corrected chi connectivity index (χ0v) is 16.0. The molecule has 4 rings (SSSR count). The molecule has 0 bridgehead atoms. The van der Waals surface area contributed by atoms with E-state index in [2.05, 4.69) is 50.6 Å². The molecular weight excluding hydrogens is 348 g/mol. The normalized spacial score (nSPS) is 15.3. The maximum absolute atomic E-state index is 8.85. The van der Waals surface area contributed by atoms with E-state index in [1.54, 1.807) is 12.3 Å². The second-order valence-electron chi connectivity index (χ2n) is 7.34. The van der Waals surface area contributed by atoms with Crippen LogP contribution in [0.3, 0.4) is 0 Å². The van der Waals surface area contributed by atoms with Crippen molar-refractivity contribution in [3.63, 3.8) is 0 Å². The number of benzene rings is 1. The fraction of sp³-hybridized carbons (Fsp3) is 0.318. The number of nitriles is 1. The van der Waals surface area contributed by atoms with Crippen molar-refractivity contribution in [1.82, 2.24) is 19.7 Å². The first-order valence-corrected chi connectivity index (χ1v) is 9.62. The maximum atomic E-state index is 8.85. The minimum Gasteiger partial charge on any atom is -0.367 e. The van der Waals surface area contributed by atoms with Crippen molar-refractivity contribution >= 4 is 5.82 Å². The van der Waals surface area contributed by atoms with Crippen LogP contribution in [-0.4, -0.2) is 38.8 Å². The Hall–Kier alpha value is -3.17. The molecule has 1 aromatic carbocycles. The highest BCUT2D eigenvalue weighted by atomic mass is 15.2. The van der Waals surface area contributed by atoms with Crippen LogP contribution in [0, 0.1) is 11.3 Å². The number of aryl methyl sites for hydroxylation is 1. The van der Waals surface area contributed by atoms with Gasteiger partial charge in [-0.05, 0) is 36.1 Å². The van der Waals surface area contributed by atoms with Gasteiger partial charge in [-0.3, -0.25) is 9.58 Å². The summed E-state index contributed by atoms with van der Waals surface area (Å²) in [6, 6.07) is 15.0. The molecule has 1 aliphatic rings. The van der Waals surface area contributed by atoms with E-state index < -0.39 is 0 Å². The van der Waals surface area contributed by atoms with Crippen molar-refractivity contribution in [2.45, 2.75) is 25.4 Å².